The number of aromatic nitrogens is 2. The topological polar surface area (TPSA) is 47.5 Å². The van der Waals surface area contributed by atoms with E-state index in [1.807, 2.05) is 13.0 Å². The Morgan fingerprint density at radius 1 is 1.39 bits per heavy atom. The Bertz CT molecular complexity index is 367. The van der Waals surface area contributed by atoms with Crippen molar-refractivity contribution in [2.75, 3.05) is 38.3 Å². The van der Waals surface area contributed by atoms with E-state index in [0.717, 1.165) is 38.4 Å². The van der Waals surface area contributed by atoms with Crippen molar-refractivity contribution < 1.29 is 9.47 Å². The number of rotatable bonds is 5. The molecule has 0 atom stereocenters. The van der Waals surface area contributed by atoms with Crippen LogP contribution >= 0.6 is 0 Å². The second kappa shape index (κ2) is 6.54. The predicted molar refractivity (Wildman–Crippen MR) is 70.0 cm³/mol. The lowest BCUT2D eigenvalue weighted by Gasteiger charge is -2.27. The molecular weight excluding hydrogens is 230 g/mol. The zero-order chi connectivity index (χ0) is 12.8. The normalized spacial score (nSPS) is 16.6. The van der Waals surface area contributed by atoms with Crippen LogP contribution in [0.5, 0.6) is 5.88 Å². The van der Waals surface area contributed by atoms with Gasteiger partial charge in [-0.2, -0.15) is 0 Å². The predicted octanol–water partition coefficient (Wildman–Crippen LogP) is 1.74. The van der Waals surface area contributed by atoms with Crippen LogP contribution < -0.4 is 9.64 Å². The van der Waals surface area contributed by atoms with Crippen molar-refractivity contribution in [1.29, 1.82) is 0 Å². The van der Waals surface area contributed by atoms with Gasteiger partial charge in [0.05, 0.1) is 6.61 Å². The average molecular weight is 251 g/mol. The fourth-order valence-corrected chi connectivity index (χ4v) is 2.18. The van der Waals surface area contributed by atoms with Gasteiger partial charge in [0, 0.05) is 32.9 Å². The summed E-state index contributed by atoms with van der Waals surface area (Å²) in [4.78, 5) is 10.5. The second-order valence-corrected chi connectivity index (χ2v) is 4.58. The van der Waals surface area contributed by atoms with Crippen LogP contribution in [0, 0.1) is 5.92 Å². The molecule has 0 aliphatic carbocycles. The van der Waals surface area contributed by atoms with E-state index in [1.165, 1.54) is 0 Å². The maximum Gasteiger partial charge on any atom is 0.218 e. The van der Waals surface area contributed by atoms with E-state index in [0.29, 0.717) is 18.4 Å². The summed E-state index contributed by atoms with van der Waals surface area (Å²) in [5.74, 6) is 2.25. The number of hydrogen-bond donors (Lipinski definition) is 0. The van der Waals surface area contributed by atoms with Gasteiger partial charge in [0.2, 0.25) is 5.88 Å². The highest BCUT2D eigenvalue weighted by Gasteiger charge is 2.16. The van der Waals surface area contributed by atoms with Crippen molar-refractivity contribution in [3.8, 4) is 5.88 Å². The molecule has 100 valence electrons. The molecule has 0 amide bonds. The molecule has 18 heavy (non-hydrogen) atoms. The Hall–Kier alpha value is -1.36. The summed E-state index contributed by atoms with van der Waals surface area (Å²) in [7, 11) is 2.06. The monoisotopic (exact) mass is 251 g/mol. The minimum absolute atomic E-state index is 0.625. The van der Waals surface area contributed by atoms with Crippen molar-refractivity contribution in [3.63, 3.8) is 0 Å². The first-order valence-electron chi connectivity index (χ1n) is 6.53. The van der Waals surface area contributed by atoms with Gasteiger partial charge in [-0.15, -0.1) is 0 Å². The van der Waals surface area contributed by atoms with E-state index in [1.54, 1.807) is 6.33 Å². The SMILES string of the molecule is CCOc1cc(N(C)CC2CCOCC2)ncn1. The summed E-state index contributed by atoms with van der Waals surface area (Å²) in [5.41, 5.74) is 0. The number of hydrogen-bond acceptors (Lipinski definition) is 5. The third kappa shape index (κ3) is 3.57. The Labute approximate surface area is 108 Å². The Balaban J connectivity index is 1.94. The third-order valence-electron chi connectivity index (χ3n) is 3.18. The van der Waals surface area contributed by atoms with E-state index < -0.39 is 0 Å². The first kappa shape index (κ1) is 13.1. The number of nitrogens with zero attached hydrogens (tertiary/aromatic N) is 3. The molecule has 1 aliphatic rings. The zero-order valence-electron chi connectivity index (χ0n) is 11.1. The van der Waals surface area contributed by atoms with Crippen LogP contribution in [-0.2, 0) is 4.74 Å². The summed E-state index contributed by atoms with van der Waals surface area (Å²) in [6, 6.07) is 1.89. The summed E-state index contributed by atoms with van der Waals surface area (Å²) < 4.78 is 10.8. The lowest BCUT2D eigenvalue weighted by molar-refractivity contribution is 0.0685. The Kier molecular flexibility index (Phi) is 4.75. The summed E-state index contributed by atoms with van der Waals surface area (Å²) in [6.07, 6.45) is 3.82. The molecule has 0 unspecified atom stereocenters. The summed E-state index contributed by atoms with van der Waals surface area (Å²) in [6.45, 7) is 5.35. The van der Waals surface area contributed by atoms with Crippen LogP contribution in [-0.4, -0.2) is 43.4 Å². The van der Waals surface area contributed by atoms with E-state index in [4.69, 9.17) is 9.47 Å². The molecule has 0 saturated carbocycles. The van der Waals surface area contributed by atoms with Gasteiger partial charge in [0.15, 0.2) is 0 Å². The van der Waals surface area contributed by atoms with Gasteiger partial charge in [0.1, 0.15) is 12.1 Å². The van der Waals surface area contributed by atoms with E-state index in [9.17, 15) is 0 Å². The van der Waals surface area contributed by atoms with Gasteiger partial charge < -0.3 is 14.4 Å². The van der Waals surface area contributed by atoms with Crippen LogP contribution in [0.4, 0.5) is 5.82 Å². The van der Waals surface area contributed by atoms with Crippen molar-refractivity contribution in [2.24, 2.45) is 5.92 Å². The van der Waals surface area contributed by atoms with Crippen LogP contribution in [0.2, 0.25) is 0 Å². The van der Waals surface area contributed by atoms with Crippen molar-refractivity contribution in [1.82, 2.24) is 9.97 Å². The second-order valence-electron chi connectivity index (χ2n) is 4.58. The molecule has 1 fully saturated rings. The molecule has 5 nitrogen and oxygen atoms in total. The smallest absolute Gasteiger partial charge is 0.218 e. The number of ether oxygens (including phenoxy) is 2. The molecule has 1 aliphatic heterocycles. The van der Waals surface area contributed by atoms with Gasteiger partial charge in [-0.25, -0.2) is 9.97 Å². The molecule has 0 bridgehead atoms. The maximum absolute atomic E-state index is 5.39. The fraction of sp³-hybridized carbons (Fsp3) is 0.692. The summed E-state index contributed by atoms with van der Waals surface area (Å²) >= 11 is 0. The molecule has 5 heteroatoms. The first-order chi connectivity index (χ1) is 8.79. The molecule has 0 spiro atoms. The van der Waals surface area contributed by atoms with Gasteiger partial charge >= 0.3 is 0 Å². The molecule has 0 aromatic carbocycles. The minimum atomic E-state index is 0.625. The Morgan fingerprint density at radius 3 is 2.89 bits per heavy atom. The van der Waals surface area contributed by atoms with Gasteiger partial charge in [0.25, 0.3) is 0 Å². The molecule has 0 N–H and O–H groups in total. The minimum Gasteiger partial charge on any atom is -0.478 e. The molecule has 2 heterocycles. The van der Waals surface area contributed by atoms with Crippen molar-refractivity contribution >= 4 is 5.82 Å². The van der Waals surface area contributed by atoms with E-state index in [2.05, 4.69) is 21.9 Å². The van der Waals surface area contributed by atoms with Crippen LogP contribution in [0.1, 0.15) is 19.8 Å². The van der Waals surface area contributed by atoms with Crippen LogP contribution in [0.15, 0.2) is 12.4 Å². The fourth-order valence-electron chi connectivity index (χ4n) is 2.18. The largest absolute Gasteiger partial charge is 0.478 e. The Morgan fingerprint density at radius 2 is 2.17 bits per heavy atom. The maximum atomic E-state index is 5.39. The van der Waals surface area contributed by atoms with Gasteiger partial charge in [-0.05, 0) is 25.7 Å². The standard InChI is InChI=1S/C13H21N3O2/c1-3-18-13-8-12(14-10-15-13)16(2)9-11-4-6-17-7-5-11/h8,10-11H,3-7,9H2,1-2H3. The summed E-state index contributed by atoms with van der Waals surface area (Å²) in [5, 5.41) is 0. The highest BCUT2D eigenvalue weighted by Crippen LogP contribution is 2.20. The zero-order valence-corrected chi connectivity index (χ0v) is 11.1. The number of anilines is 1. The van der Waals surface area contributed by atoms with Crippen LogP contribution in [0.25, 0.3) is 0 Å². The average Bonchev–Trinajstić information content (AvgIpc) is 2.40. The van der Waals surface area contributed by atoms with Crippen molar-refractivity contribution in [3.05, 3.63) is 12.4 Å². The molecule has 0 radical (unpaired) electrons. The van der Waals surface area contributed by atoms with E-state index in [-0.39, 0.29) is 0 Å². The third-order valence-corrected chi connectivity index (χ3v) is 3.18. The molecular formula is C13H21N3O2. The van der Waals surface area contributed by atoms with Gasteiger partial charge in [-0.3, -0.25) is 0 Å². The van der Waals surface area contributed by atoms with Crippen molar-refractivity contribution in [2.45, 2.75) is 19.8 Å². The first-order valence-corrected chi connectivity index (χ1v) is 6.53. The quantitative estimate of drug-likeness (QED) is 0.797. The molecule has 2 rings (SSSR count). The van der Waals surface area contributed by atoms with Gasteiger partial charge in [-0.1, -0.05) is 0 Å². The molecule has 1 saturated heterocycles. The lowest BCUT2D eigenvalue weighted by atomic mass is 10.00. The van der Waals surface area contributed by atoms with E-state index >= 15 is 0 Å². The lowest BCUT2D eigenvalue weighted by Crippen LogP contribution is -2.30. The molecule has 1 aromatic rings. The van der Waals surface area contributed by atoms with Crippen LogP contribution in [0.3, 0.4) is 0 Å². The highest BCUT2D eigenvalue weighted by molar-refractivity contribution is 5.39. The highest BCUT2D eigenvalue weighted by atomic mass is 16.5. The molecule has 1 aromatic heterocycles.